The third kappa shape index (κ3) is 3.83. The highest BCUT2D eigenvalue weighted by atomic mass is 32.2. The highest BCUT2D eigenvalue weighted by Gasteiger charge is 2.26. The molecule has 0 amide bonds. The van der Waals surface area contributed by atoms with Crippen molar-refractivity contribution in [2.75, 3.05) is 0 Å². The van der Waals surface area contributed by atoms with Crippen LogP contribution in [-0.4, -0.2) is 20.0 Å². The quantitative estimate of drug-likeness (QED) is 0.856. The van der Waals surface area contributed by atoms with Gasteiger partial charge < -0.3 is 0 Å². The molecule has 1 aromatic rings. The Morgan fingerprint density at radius 2 is 1.63 bits per heavy atom. The van der Waals surface area contributed by atoms with Gasteiger partial charge in [-0.1, -0.05) is 32.9 Å². The molecule has 0 heterocycles. The molecule has 0 aliphatic heterocycles. The SMILES string of the molecule is CC(C)(C)C(=O)Cc1ccc(S(=O)(=O)C(F)F)cc1. The van der Waals surface area contributed by atoms with Crippen molar-refractivity contribution >= 4 is 15.6 Å². The van der Waals surface area contributed by atoms with E-state index in [9.17, 15) is 22.0 Å². The zero-order chi connectivity index (χ0) is 14.8. The molecule has 3 nitrogen and oxygen atoms in total. The number of benzene rings is 1. The van der Waals surface area contributed by atoms with Crippen LogP contribution in [0.5, 0.6) is 0 Å². The highest BCUT2D eigenvalue weighted by Crippen LogP contribution is 2.21. The molecule has 0 atom stereocenters. The van der Waals surface area contributed by atoms with Gasteiger partial charge in [-0.3, -0.25) is 4.79 Å². The van der Waals surface area contributed by atoms with Crippen LogP contribution in [0.4, 0.5) is 8.78 Å². The van der Waals surface area contributed by atoms with Gasteiger partial charge in [-0.15, -0.1) is 0 Å². The number of halogens is 2. The Balaban J connectivity index is 2.93. The molecule has 0 radical (unpaired) electrons. The molecule has 0 fully saturated rings. The first-order chi connectivity index (χ1) is 8.55. The number of carbonyl (C=O) groups excluding carboxylic acids is 1. The molecule has 0 spiro atoms. The van der Waals surface area contributed by atoms with E-state index in [2.05, 4.69) is 0 Å². The van der Waals surface area contributed by atoms with Crippen molar-refractivity contribution in [1.29, 1.82) is 0 Å². The van der Waals surface area contributed by atoms with Gasteiger partial charge in [0, 0.05) is 11.8 Å². The maximum absolute atomic E-state index is 12.3. The van der Waals surface area contributed by atoms with Gasteiger partial charge in [0.15, 0.2) is 0 Å². The second kappa shape index (κ2) is 5.36. The number of sulfone groups is 1. The number of hydrogen-bond acceptors (Lipinski definition) is 3. The summed E-state index contributed by atoms with van der Waals surface area (Å²) < 4.78 is 47.1. The van der Waals surface area contributed by atoms with Crippen LogP contribution in [0.25, 0.3) is 0 Å². The van der Waals surface area contributed by atoms with Crippen LogP contribution in [0.15, 0.2) is 29.2 Å². The molecule has 19 heavy (non-hydrogen) atoms. The van der Waals surface area contributed by atoms with Crippen LogP contribution in [0, 0.1) is 5.41 Å². The summed E-state index contributed by atoms with van der Waals surface area (Å²) >= 11 is 0. The van der Waals surface area contributed by atoms with Crippen molar-refractivity contribution in [2.45, 2.75) is 37.8 Å². The van der Waals surface area contributed by atoms with E-state index in [0.29, 0.717) is 5.56 Å². The Labute approximate surface area is 111 Å². The fourth-order valence-corrected chi connectivity index (χ4v) is 2.07. The van der Waals surface area contributed by atoms with E-state index in [1.807, 2.05) is 0 Å². The molecule has 1 aromatic carbocycles. The Bertz CT molecular complexity index is 555. The van der Waals surface area contributed by atoms with Crippen molar-refractivity contribution in [3.8, 4) is 0 Å². The van der Waals surface area contributed by atoms with E-state index in [-0.39, 0.29) is 12.2 Å². The van der Waals surface area contributed by atoms with Crippen LogP contribution in [0.2, 0.25) is 0 Å². The number of hydrogen-bond donors (Lipinski definition) is 0. The minimum absolute atomic E-state index is 0.00281. The fraction of sp³-hybridized carbons (Fsp3) is 0.462. The summed E-state index contributed by atoms with van der Waals surface area (Å²) in [7, 11) is -4.57. The Kier molecular flexibility index (Phi) is 4.45. The molecule has 6 heteroatoms. The first-order valence-corrected chi connectivity index (χ1v) is 7.24. The van der Waals surface area contributed by atoms with E-state index < -0.39 is 25.9 Å². The van der Waals surface area contributed by atoms with Crippen molar-refractivity contribution in [1.82, 2.24) is 0 Å². The van der Waals surface area contributed by atoms with Crippen LogP contribution in [0.3, 0.4) is 0 Å². The molecular weight excluding hydrogens is 274 g/mol. The van der Waals surface area contributed by atoms with E-state index in [4.69, 9.17) is 0 Å². The van der Waals surface area contributed by atoms with E-state index in [0.717, 1.165) is 12.1 Å². The molecule has 0 unspecified atom stereocenters. The first-order valence-electron chi connectivity index (χ1n) is 5.69. The minimum atomic E-state index is -4.57. The third-order valence-corrected chi connectivity index (χ3v) is 4.09. The summed E-state index contributed by atoms with van der Waals surface area (Å²) in [6, 6.07) is 4.98. The topological polar surface area (TPSA) is 51.2 Å². The summed E-state index contributed by atoms with van der Waals surface area (Å²) in [5.41, 5.74) is 0.112. The van der Waals surface area contributed by atoms with Gasteiger partial charge in [0.25, 0.3) is 0 Å². The van der Waals surface area contributed by atoms with Gasteiger partial charge in [-0.2, -0.15) is 8.78 Å². The van der Waals surface area contributed by atoms with E-state index in [1.165, 1.54) is 12.1 Å². The number of Topliss-reactive ketones (excluding diaryl/α,β-unsaturated/α-hetero) is 1. The van der Waals surface area contributed by atoms with E-state index >= 15 is 0 Å². The van der Waals surface area contributed by atoms with Gasteiger partial charge in [0.2, 0.25) is 9.84 Å². The predicted octanol–water partition coefficient (Wildman–Crippen LogP) is 2.84. The lowest BCUT2D eigenvalue weighted by molar-refractivity contribution is -0.125. The van der Waals surface area contributed by atoms with Crippen LogP contribution < -0.4 is 0 Å². The lowest BCUT2D eigenvalue weighted by Crippen LogP contribution is -2.22. The van der Waals surface area contributed by atoms with Gasteiger partial charge in [-0.05, 0) is 17.7 Å². The molecule has 0 saturated carbocycles. The smallest absolute Gasteiger partial charge is 0.299 e. The van der Waals surface area contributed by atoms with Gasteiger partial charge in [0.1, 0.15) is 5.78 Å². The van der Waals surface area contributed by atoms with Crippen LogP contribution in [-0.2, 0) is 21.1 Å². The molecule has 0 aromatic heterocycles. The maximum Gasteiger partial charge on any atom is 0.341 e. The summed E-state index contributed by atoms with van der Waals surface area (Å²) in [5.74, 6) is -3.44. The number of rotatable bonds is 4. The molecule has 1 rings (SSSR count). The summed E-state index contributed by atoms with van der Waals surface area (Å²) in [6.07, 6.45) is 0.151. The number of ketones is 1. The standard InChI is InChI=1S/C13H16F2O3S/c1-13(2,3)11(16)8-9-4-6-10(7-5-9)19(17,18)12(14)15/h4-7,12H,8H2,1-3H3. The molecule has 106 valence electrons. The third-order valence-electron chi connectivity index (χ3n) is 2.69. The molecule has 0 aliphatic rings. The first kappa shape index (κ1) is 15.8. The number of alkyl halides is 2. The molecule has 0 N–H and O–H groups in total. The van der Waals surface area contributed by atoms with Gasteiger partial charge >= 0.3 is 5.76 Å². The molecule has 0 aliphatic carbocycles. The Hall–Kier alpha value is -1.30. The molecular formula is C13H16F2O3S. The van der Waals surface area contributed by atoms with E-state index in [1.54, 1.807) is 20.8 Å². The fourth-order valence-electron chi connectivity index (χ4n) is 1.35. The second-order valence-electron chi connectivity index (χ2n) is 5.30. The average molecular weight is 290 g/mol. The lowest BCUT2D eigenvalue weighted by atomic mass is 9.87. The van der Waals surface area contributed by atoms with Gasteiger partial charge in [-0.25, -0.2) is 8.42 Å². The predicted molar refractivity (Wildman–Crippen MR) is 67.8 cm³/mol. The summed E-state index contributed by atoms with van der Waals surface area (Å²) in [6.45, 7) is 5.35. The largest absolute Gasteiger partial charge is 0.341 e. The normalized spacial score (nSPS) is 12.7. The van der Waals surface area contributed by atoms with Crippen molar-refractivity contribution in [2.24, 2.45) is 5.41 Å². The Morgan fingerprint density at radius 1 is 1.16 bits per heavy atom. The van der Waals surface area contributed by atoms with Crippen molar-refractivity contribution in [3.63, 3.8) is 0 Å². The van der Waals surface area contributed by atoms with Crippen molar-refractivity contribution < 1.29 is 22.0 Å². The average Bonchev–Trinajstić information content (AvgIpc) is 2.28. The van der Waals surface area contributed by atoms with Gasteiger partial charge in [0.05, 0.1) is 4.90 Å². The summed E-state index contributed by atoms with van der Waals surface area (Å²) in [5, 5.41) is 0. The summed E-state index contributed by atoms with van der Waals surface area (Å²) in [4.78, 5) is 11.4. The lowest BCUT2D eigenvalue weighted by Gasteiger charge is -2.16. The van der Waals surface area contributed by atoms with Crippen LogP contribution in [0.1, 0.15) is 26.3 Å². The highest BCUT2D eigenvalue weighted by molar-refractivity contribution is 7.91. The zero-order valence-corrected chi connectivity index (χ0v) is 11.8. The Morgan fingerprint density at radius 3 is 2.00 bits per heavy atom. The van der Waals surface area contributed by atoms with Crippen molar-refractivity contribution in [3.05, 3.63) is 29.8 Å². The monoisotopic (exact) mass is 290 g/mol. The minimum Gasteiger partial charge on any atom is -0.299 e. The molecule has 0 bridgehead atoms. The number of carbonyl (C=O) groups is 1. The zero-order valence-electron chi connectivity index (χ0n) is 11.0. The second-order valence-corrected chi connectivity index (χ2v) is 7.22. The maximum atomic E-state index is 12.3. The van der Waals surface area contributed by atoms with Crippen LogP contribution >= 0.6 is 0 Å². The molecule has 0 saturated heterocycles.